The molecule has 0 fully saturated rings. The van der Waals surface area contributed by atoms with Crippen LogP contribution in [-0.2, 0) is 0 Å². The Kier molecular flexibility index (Phi) is 5.50. The molecule has 0 saturated heterocycles. The molecule has 2 N–H and O–H groups in total. The van der Waals surface area contributed by atoms with Crippen molar-refractivity contribution in [2.24, 2.45) is 0 Å². The van der Waals surface area contributed by atoms with Crippen LogP contribution in [0.3, 0.4) is 0 Å². The first-order valence-corrected chi connectivity index (χ1v) is 7.02. The van der Waals surface area contributed by atoms with Crippen LogP contribution in [0.2, 0.25) is 0 Å². The van der Waals surface area contributed by atoms with Gasteiger partial charge in [-0.2, -0.15) is 0 Å². The van der Waals surface area contributed by atoms with Gasteiger partial charge in [0.1, 0.15) is 0 Å². The summed E-state index contributed by atoms with van der Waals surface area (Å²) in [6.07, 6.45) is 0. The molecule has 1 unspecified atom stereocenters. The van der Waals surface area contributed by atoms with Gasteiger partial charge in [0.05, 0.1) is 6.61 Å². The van der Waals surface area contributed by atoms with Gasteiger partial charge in [-0.05, 0) is 26.0 Å². The molecule has 0 saturated carbocycles. The van der Waals surface area contributed by atoms with Gasteiger partial charge in [0.2, 0.25) is 0 Å². The minimum absolute atomic E-state index is 0.157. The SMILES string of the molecule is Cc1ccc(SCC(C)(CO)NC(C)C)cc1. The molecular weight excluding hydrogens is 230 g/mol. The summed E-state index contributed by atoms with van der Waals surface area (Å²) < 4.78 is 0. The lowest BCUT2D eigenvalue weighted by molar-refractivity contribution is 0.183. The van der Waals surface area contributed by atoms with E-state index in [2.05, 4.69) is 57.3 Å². The molecule has 3 heteroatoms. The summed E-state index contributed by atoms with van der Waals surface area (Å²) in [7, 11) is 0. The first-order valence-electron chi connectivity index (χ1n) is 6.03. The van der Waals surface area contributed by atoms with Gasteiger partial charge >= 0.3 is 0 Å². The number of hydrogen-bond donors (Lipinski definition) is 2. The van der Waals surface area contributed by atoms with E-state index in [1.165, 1.54) is 10.5 Å². The standard InChI is InChI=1S/C14H23NOS/c1-11(2)15-14(4,9-16)10-17-13-7-5-12(3)6-8-13/h5-8,11,15-16H,9-10H2,1-4H3. The molecule has 0 aromatic heterocycles. The fourth-order valence-electron chi connectivity index (χ4n) is 1.71. The van der Waals surface area contributed by atoms with Crippen LogP contribution in [0.4, 0.5) is 0 Å². The van der Waals surface area contributed by atoms with E-state index in [9.17, 15) is 5.11 Å². The zero-order chi connectivity index (χ0) is 12.9. The number of rotatable bonds is 6. The summed E-state index contributed by atoms with van der Waals surface area (Å²) in [5.41, 5.74) is 1.06. The Morgan fingerprint density at radius 2 is 1.88 bits per heavy atom. The zero-order valence-corrected chi connectivity index (χ0v) is 12.0. The monoisotopic (exact) mass is 253 g/mol. The predicted molar refractivity (Wildman–Crippen MR) is 75.7 cm³/mol. The van der Waals surface area contributed by atoms with E-state index in [0.717, 1.165) is 5.75 Å². The van der Waals surface area contributed by atoms with Crippen LogP contribution in [0.15, 0.2) is 29.2 Å². The second kappa shape index (κ2) is 6.43. The summed E-state index contributed by atoms with van der Waals surface area (Å²) >= 11 is 1.78. The fraction of sp³-hybridized carbons (Fsp3) is 0.571. The Labute approximate surface area is 109 Å². The van der Waals surface area contributed by atoms with Gasteiger partial charge in [0.15, 0.2) is 0 Å². The molecule has 0 amide bonds. The molecular formula is C14H23NOS. The lowest BCUT2D eigenvalue weighted by Gasteiger charge is -2.30. The summed E-state index contributed by atoms with van der Waals surface area (Å²) in [5.74, 6) is 0.866. The minimum atomic E-state index is -0.219. The highest BCUT2D eigenvalue weighted by Crippen LogP contribution is 2.23. The number of aliphatic hydroxyl groups is 1. The Morgan fingerprint density at radius 3 is 2.35 bits per heavy atom. The lowest BCUT2D eigenvalue weighted by Crippen LogP contribution is -2.51. The molecule has 0 aliphatic heterocycles. The quantitative estimate of drug-likeness (QED) is 0.765. The van der Waals surface area contributed by atoms with Crippen LogP contribution in [0.25, 0.3) is 0 Å². The third-order valence-corrected chi connectivity index (χ3v) is 3.95. The number of hydrogen-bond acceptors (Lipinski definition) is 3. The highest BCUT2D eigenvalue weighted by Gasteiger charge is 2.23. The molecule has 0 radical (unpaired) electrons. The third kappa shape index (κ3) is 5.11. The van der Waals surface area contributed by atoms with E-state index < -0.39 is 0 Å². The van der Waals surface area contributed by atoms with Crippen molar-refractivity contribution in [3.05, 3.63) is 29.8 Å². The maximum absolute atomic E-state index is 9.48. The molecule has 2 nitrogen and oxygen atoms in total. The molecule has 0 heterocycles. The number of benzene rings is 1. The van der Waals surface area contributed by atoms with E-state index >= 15 is 0 Å². The maximum atomic E-state index is 9.48. The molecule has 0 bridgehead atoms. The van der Waals surface area contributed by atoms with Gasteiger partial charge in [-0.15, -0.1) is 11.8 Å². The van der Waals surface area contributed by atoms with Crippen molar-refractivity contribution >= 4 is 11.8 Å². The molecule has 1 atom stereocenters. The first kappa shape index (κ1) is 14.6. The fourth-order valence-corrected chi connectivity index (χ4v) is 2.70. The Bertz CT molecular complexity index is 337. The average Bonchev–Trinajstić information content (AvgIpc) is 2.27. The van der Waals surface area contributed by atoms with Crippen molar-refractivity contribution in [2.75, 3.05) is 12.4 Å². The molecule has 0 aliphatic rings. The van der Waals surface area contributed by atoms with Crippen LogP contribution in [0.1, 0.15) is 26.3 Å². The highest BCUT2D eigenvalue weighted by molar-refractivity contribution is 7.99. The Hall–Kier alpha value is -0.510. The van der Waals surface area contributed by atoms with Gasteiger partial charge in [-0.1, -0.05) is 31.5 Å². The average molecular weight is 253 g/mol. The number of aliphatic hydroxyl groups excluding tert-OH is 1. The minimum Gasteiger partial charge on any atom is -0.394 e. The second-order valence-corrected chi connectivity index (χ2v) is 6.17. The Morgan fingerprint density at radius 1 is 1.29 bits per heavy atom. The maximum Gasteiger partial charge on any atom is 0.0618 e. The van der Waals surface area contributed by atoms with E-state index in [4.69, 9.17) is 0 Å². The van der Waals surface area contributed by atoms with Crippen molar-refractivity contribution in [3.8, 4) is 0 Å². The van der Waals surface area contributed by atoms with Crippen LogP contribution < -0.4 is 5.32 Å². The van der Waals surface area contributed by atoms with E-state index in [1.807, 2.05) is 0 Å². The summed E-state index contributed by atoms with van der Waals surface area (Å²) in [5, 5.41) is 12.9. The summed E-state index contributed by atoms with van der Waals surface area (Å²) in [4.78, 5) is 1.25. The largest absolute Gasteiger partial charge is 0.394 e. The molecule has 1 aromatic carbocycles. The van der Waals surface area contributed by atoms with Gasteiger partial charge in [0.25, 0.3) is 0 Å². The lowest BCUT2D eigenvalue weighted by atomic mass is 10.1. The third-order valence-electron chi connectivity index (χ3n) is 2.56. The van der Waals surface area contributed by atoms with Gasteiger partial charge in [0, 0.05) is 22.2 Å². The Balaban J connectivity index is 2.55. The van der Waals surface area contributed by atoms with Crippen molar-refractivity contribution in [3.63, 3.8) is 0 Å². The van der Waals surface area contributed by atoms with Gasteiger partial charge in [-0.25, -0.2) is 0 Å². The van der Waals surface area contributed by atoms with E-state index in [1.54, 1.807) is 11.8 Å². The normalized spacial score (nSPS) is 14.9. The summed E-state index contributed by atoms with van der Waals surface area (Å²) in [6, 6.07) is 8.88. The van der Waals surface area contributed by atoms with E-state index in [0.29, 0.717) is 6.04 Å². The molecule has 1 rings (SSSR count). The molecule has 1 aromatic rings. The number of aryl methyl sites for hydroxylation is 1. The highest BCUT2D eigenvalue weighted by atomic mass is 32.2. The molecule has 0 aliphatic carbocycles. The number of thioether (sulfide) groups is 1. The zero-order valence-electron chi connectivity index (χ0n) is 11.2. The van der Waals surface area contributed by atoms with Crippen LogP contribution in [-0.4, -0.2) is 29.0 Å². The topological polar surface area (TPSA) is 32.3 Å². The first-order chi connectivity index (χ1) is 7.95. The van der Waals surface area contributed by atoms with Crippen LogP contribution >= 0.6 is 11.8 Å². The van der Waals surface area contributed by atoms with Crippen LogP contribution in [0.5, 0.6) is 0 Å². The molecule has 0 spiro atoms. The molecule has 17 heavy (non-hydrogen) atoms. The number of nitrogens with one attached hydrogen (secondary N) is 1. The van der Waals surface area contributed by atoms with Crippen molar-refractivity contribution in [2.45, 2.75) is 44.2 Å². The van der Waals surface area contributed by atoms with Gasteiger partial charge in [-0.3, -0.25) is 0 Å². The molecule has 96 valence electrons. The van der Waals surface area contributed by atoms with Crippen LogP contribution in [0, 0.1) is 6.92 Å². The summed E-state index contributed by atoms with van der Waals surface area (Å²) in [6.45, 7) is 8.51. The second-order valence-electron chi connectivity index (χ2n) is 5.12. The van der Waals surface area contributed by atoms with E-state index in [-0.39, 0.29) is 12.1 Å². The van der Waals surface area contributed by atoms with Crippen molar-refractivity contribution in [1.82, 2.24) is 5.32 Å². The van der Waals surface area contributed by atoms with Crippen molar-refractivity contribution < 1.29 is 5.11 Å². The smallest absolute Gasteiger partial charge is 0.0618 e. The predicted octanol–water partition coefficient (Wildman–Crippen LogP) is 2.84. The van der Waals surface area contributed by atoms with Gasteiger partial charge < -0.3 is 10.4 Å². The van der Waals surface area contributed by atoms with Crippen molar-refractivity contribution in [1.29, 1.82) is 0 Å².